The maximum Gasteiger partial charge on any atom is 0.417 e. The van der Waals surface area contributed by atoms with E-state index >= 15 is 0 Å². The summed E-state index contributed by atoms with van der Waals surface area (Å²) in [4.78, 5) is 34.8. The van der Waals surface area contributed by atoms with E-state index in [9.17, 15) is 22.8 Å². The van der Waals surface area contributed by atoms with Gasteiger partial charge in [-0.05, 0) is 48.4 Å². The van der Waals surface area contributed by atoms with Gasteiger partial charge in [0.15, 0.2) is 0 Å². The number of halogens is 4. The van der Waals surface area contributed by atoms with Gasteiger partial charge in [0.05, 0.1) is 17.1 Å². The van der Waals surface area contributed by atoms with E-state index in [-0.39, 0.29) is 18.0 Å². The second kappa shape index (κ2) is 11.7. The number of rotatable bonds is 8. The summed E-state index contributed by atoms with van der Waals surface area (Å²) in [7, 11) is 3.37. The molecule has 0 saturated heterocycles. The first-order chi connectivity index (χ1) is 18.5. The number of alkyl halides is 3. The number of amidine groups is 1. The molecule has 8 nitrogen and oxygen atoms in total. The lowest BCUT2D eigenvalue weighted by Gasteiger charge is -2.16. The van der Waals surface area contributed by atoms with Crippen molar-refractivity contribution < 1.29 is 27.5 Å². The molecule has 2 N–H and O–H groups in total. The zero-order valence-corrected chi connectivity index (χ0v) is 21.8. The predicted molar refractivity (Wildman–Crippen MR) is 141 cm³/mol. The van der Waals surface area contributed by atoms with E-state index in [0.717, 1.165) is 17.7 Å². The Hall–Kier alpha value is -4.12. The molecule has 3 aromatic rings. The molecule has 12 heteroatoms. The monoisotopic (exact) mass is 559 g/mol. The molecule has 1 aromatic heterocycles. The van der Waals surface area contributed by atoms with Crippen LogP contribution < -0.4 is 15.4 Å². The fourth-order valence-electron chi connectivity index (χ4n) is 3.85. The highest BCUT2D eigenvalue weighted by molar-refractivity contribution is 6.31. The molecule has 0 saturated carbocycles. The topological polar surface area (TPSA) is 95.9 Å². The van der Waals surface area contributed by atoms with Gasteiger partial charge in [-0.15, -0.1) is 0 Å². The Balaban J connectivity index is 1.35. The van der Waals surface area contributed by atoms with Crippen LogP contribution in [0.25, 0.3) is 0 Å². The molecule has 0 spiro atoms. The number of amides is 2. The first-order valence-corrected chi connectivity index (χ1v) is 12.3. The lowest BCUT2D eigenvalue weighted by atomic mass is 10.1. The van der Waals surface area contributed by atoms with Crippen molar-refractivity contribution >= 4 is 34.9 Å². The summed E-state index contributed by atoms with van der Waals surface area (Å²) >= 11 is 5.63. The number of likely N-dealkylation sites (N-methyl/N-ethyl adjacent to an activating group) is 1. The molecule has 1 unspecified atom stereocenters. The number of aromatic nitrogens is 1. The molecule has 2 amide bonds. The van der Waals surface area contributed by atoms with Crippen molar-refractivity contribution in [3.63, 3.8) is 0 Å². The first-order valence-electron chi connectivity index (χ1n) is 11.9. The SMILES string of the molecule is CN(C)C(=O)C1CN=C(c2cc(Oc3cccc(CCC(=O)Nc4ccc(Cl)c(C(F)(F)F)c4)c3)ccn2)N1. The standard InChI is InChI=1S/C27H25ClF3N5O3/c1-36(2)26(38)23-15-33-25(35-23)22-14-19(10-11-32-22)39-18-5-3-4-16(12-18)6-9-24(37)34-17-7-8-21(28)20(13-17)27(29,30)31/h3-5,7-8,10-14,23H,6,9,15H2,1-2H3,(H,33,35)(H,34,37). The summed E-state index contributed by atoms with van der Waals surface area (Å²) in [5.41, 5.74) is 0.339. The van der Waals surface area contributed by atoms with Crippen LogP contribution in [0.1, 0.15) is 23.2 Å². The lowest BCUT2D eigenvalue weighted by molar-refractivity contribution is -0.137. The molecule has 0 aliphatic carbocycles. The van der Waals surface area contributed by atoms with Gasteiger partial charge in [0, 0.05) is 38.5 Å². The number of nitrogens with one attached hydrogen (secondary N) is 2. The zero-order chi connectivity index (χ0) is 28.2. The molecule has 1 aliphatic rings. The molecular formula is C27H25ClF3N5O3. The maximum atomic E-state index is 13.1. The van der Waals surface area contributed by atoms with Crippen LogP contribution in [0.15, 0.2) is 65.8 Å². The van der Waals surface area contributed by atoms with Gasteiger partial charge in [-0.25, -0.2) is 0 Å². The Morgan fingerprint density at radius 1 is 1.13 bits per heavy atom. The van der Waals surface area contributed by atoms with Crippen molar-refractivity contribution in [1.82, 2.24) is 15.2 Å². The van der Waals surface area contributed by atoms with E-state index in [1.54, 1.807) is 50.6 Å². The lowest BCUT2D eigenvalue weighted by Crippen LogP contribution is -2.44. The number of ether oxygens (including phenoxy) is 1. The number of carbonyl (C=O) groups excluding carboxylic acids is 2. The van der Waals surface area contributed by atoms with E-state index in [2.05, 4.69) is 20.6 Å². The molecule has 2 aromatic carbocycles. The second-order valence-electron chi connectivity index (χ2n) is 8.99. The van der Waals surface area contributed by atoms with Gasteiger partial charge in [-0.2, -0.15) is 13.2 Å². The Morgan fingerprint density at radius 2 is 1.90 bits per heavy atom. The minimum absolute atomic E-state index is 0.0149. The summed E-state index contributed by atoms with van der Waals surface area (Å²) in [5.74, 6) is 1.02. The fraction of sp³-hybridized carbons (Fsp3) is 0.259. The van der Waals surface area contributed by atoms with Gasteiger partial charge < -0.3 is 20.3 Å². The molecular weight excluding hydrogens is 535 g/mol. The largest absolute Gasteiger partial charge is 0.457 e. The number of benzene rings is 2. The molecule has 2 heterocycles. The van der Waals surface area contributed by atoms with Crippen LogP contribution in [0.5, 0.6) is 11.5 Å². The van der Waals surface area contributed by atoms with Crippen LogP contribution in [0, 0.1) is 0 Å². The van der Waals surface area contributed by atoms with Gasteiger partial charge in [0.1, 0.15) is 29.1 Å². The molecule has 0 bridgehead atoms. The van der Waals surface area contributed by atoms with Crippen LogP contribution in [-0.4, -0.2) is 54.2 Å². The van der Waals surface area contributed by atoms with E-state index < -0.39 is 28.7 Å². The molecule has 39 heavy (non-hydrogen) atoms. The van der Waals surface area contributed by atoms with E-state index in [1.807, 2.05) is 6.07 Å². The van der Waals surface area contributed by atoms with Gasteiger partial charge in [-0.3, -0.25) is 19.6 Å². The highest BCUT2D eigenvalue weighted by atomic mass is 35.5. The molecule has 0 radical (unpaired) electrons. The van der Waals surface area contributed by atoms with Gasteiger partial charge in [0.2, 0.25) is 11.8 Å². The number of nitrogens with zero attached hydrogens (tertiary/aromatic N) is 3. The number of aryl methyl sites for hydroxylation is 1. The van der Waals surface area contributed by atoms with Crippen molar-refractivity contribution in [1.29, 1.82) is 0 Å². The smallest absolute Gasteiger partial charge is 0.417 e. The number of hydrogen-bond acceptors (Lipinski definition) is 6. The highest BCUT2D eigenvalue weighted by Crippen LogP contribution is 2.36. The van der Waals surface area contributed by atoms with E-state index in [4.69, 9.17) is 16.3 Å². The fourth-order valence-corrected chi connectivity index (χ4v) is 4.08. The average molecular weight is 560 g/mol. The number of carbonyl (C=O) groups is 2. The van der Waals surface area contributed by atoms with Crippen LogP contribution in [-0.2, 0) is 22.2 Å². The number of anilines is 1. The molecule has 1 atom stereocenters. The quantitative estimate of drug-likeness (QED) is 0.408. The van der Waals surface area contributed by atoms with Crippen LogP contribution in [0.4, 0.5) is 18.9 Å². The number of aliphatic imine (C=N–C) groups is 1. The first kappa shape index (κ1) is 27.9. The second-order valence-corrected chi connectivity index (χ2v) is 9.39. The van der Waals surface area contributed by atoms with Crippen molar-refractivity contribution in [2.45, 2.75) is 25.1 Å². The van der Waals surface area contributed by atoms with Crippen molar-refractivity contribution in [2.24, 2.45) is 4.99 Å². The molecule has 4 rings (SSSR count). The summed E-state index contributed by atoms with van der Waals surface area (Å²) < 4.78 is 45.2. The summed E-state index contributed by atoms with van der Waals surface area (Å²) in [5, 5.41) is 5.13. The predicted octanol–water partition coefficient (Wildman–Crippen LogP) is 4.92. The normalized spacial score (nSPS) is 14.8. The van der Waals surface area contributed by atoms with Crippen molar-refractivity contribution in [3.8, 4) is 11.5 Å². The van der Waals surface area contributed by atoms with Crippen molar-refractivity contribution in [3.05, 3.63) is 82.6 Å². The zero-order valence-electron chi connectivity index (χ0n) is 21.1. The summed E-state index contributed by atoms with van der Waals surface area (Å²) in [6, 6.07) is 13.3. The summed E-state index contributed by atoms with van der Waals surface area (Å²) in [6.07, 6.45) is -2.66. The van der Waals surface area contributed by atoms with Gasteiger partial charge >= 0.3 is 6.18 Å². The molecule has 0 fully saturated rings. The van der Waals surface area contributed by atoms with Gasteiger partial charge in [0.25, 0.3) is 0 Å². The average Bonchev–Trinajstić information content (AvgIpc) is 3.38. The van der Waals surface area contributed by atoms with Crippen molar-refractivity contribution in [2.75, 3.05) is 26.0 Å². The Morgan fingerprint density at radius 3 is 2.64 bits per heavy atom. The third-order valence-corrected chi connectivity index (χ3v) is 6.12. The summed E-state index contributed by atoms with van der Waals surface area (Å²) in [6.45, 7) is 0.316. The Kier molecular flexibility index (Phi) is 8.39. The minimum Gasteiger partial charge on any atom is -0.457 e. The number of hydrogen-bond donors (Lipinski definition) is 2. The van der Waals surface area contributed by atoms with Crippen LogP contribution in [0.3, 0.4) is 0 Å². The van der Waals surface area contributed by atoms with E-state index in [1.165, 1.54) is 11.0 Å². The maximum absolute atomic E-state index is 13.1. The molecule has 204 valence electrons. The van der Waals surface area contributed by atoms with Gasteiger partial charge in [-0.1, -0.05) is 23.7 Å². The molecule has 1 aliphatic heterocycles. The highest BCUT2D eigenvalue weighted by Gasteiger charge is 2.33. The Labute approximate surface area is 227 Å². The minimum atomic E-state index is -4.62. The van der Waals surface area contributed by atoms with E-state index in [0.29, 0.717) is 36.0 Å². The van der Waals surface area contributed by atoms with Crippen LogP contribution in [0.2, 0.25) is 5.02 Å². The Bertz CT molecular complexity index is 1410. The third kappa shape index (κ3) is 7.26. The third-order valence-electron chi connectivity index (χ3n) is 5.79. The number of pyridine rings is 1. The van der Waals surface area contributed by atoms with Crippen LogP contribution >= 0.6 is 11.6 Å².